The second-order valence-corrected chi connectivity index (χ2v) is 7.95. The maximum Gasteiger partial charge on any atom is 0.265 e. The van der Waals surface area contributed by atoms with Gasteiger partial charge in [0.2, 0.25) is 5.91 Å². The summed E-state index contributed by atoms with van der Waals surface area (Å²) < 4.78 is 5.27. The second kappa shape index (κ2) is 10.5. The molecule has 0 unspecified atom stereocenters. The molecule has 2 aromatic carbocycles. The fraction of sp³-hybridized carbons (Fsp3) is 0.273. The number of hydrogen-bond donors (Lipinski definition) is 1. The number of benzene rings is 2. The minimum absolute atomic E-state index is 0.0298. The number of carbonyl (C=O) groups excluding carboxylic acids is 2. The molecular formula is C22H23ClN2O3S. The van der Waals surface area contributed by atoms with Crippen LogP contribution in [0.25, 0.3) is 6.08 Å². The Morgan fingerprint density at radius 3 is 2.86 bits per heavy atom. The monoisotopic (exact) mass is 430 g/mol. The van der Waals surface area contributed by atoms with Crippen molar-refractivity contribution in [3.63, 3.8) is 0 Å². The van der Waals surface area contributed by atoms with E-state index in [0.717, 1.165) is 22.6 Å². The van der Waals surface area contributed by atoms with Crippen molar-refractivity contribution < 1.29 is 14.3 Å². The number of thioether (sulfide) groups is 1. The lowest BCUT2D eigenvalue weighted by atomic mass is 10.2. The number of fused-ring (bicyclic) bond motifs is 1. The topological polar surface area (TPSA) is 58.6 Å². The van der Waals surface area contributed by atoms with Gasteiger partial charge in [0, 0.05) is 29.7 Å². The van der Waals surface area contributed by atoms with Crippen LogP contribution in [-0.4, -0.2) is 38.1 Å². The van der Waals surface area contributed by atoms with Gasteiger partial charge in [0.05, 0.1) is 10.6 Å². The first-order valence-corrected chi connectivity index (χ1v) is 10.7. The first-order valence-electron chi connectivity index (χ1n) is 9.49. The molecule has 29 heavy (non-hydrogen) atoms. The van der Waals surface area contributed by atoms with Crippen LogP contribution in [0.2, 0.25) is 5.02 Å². The molecule has 2 amide bonds. The Balaban J connectivity index is 1.76. The molecule has 0 saturated heterocycles. The lowest BCUT2D eigenvalue weighted by molar-refractivity contribution is -0.122. The van der Waals surface area contributed by atoms with E-state index in [-0.39, 0.29) is 18.4 Å². The molecule has 0 spiro atoms. The van der Waals surface area contributed by atoms with Crippen molar-refractivity contribution >= 4 is 46.9 Å². The SMILES string of the molecule is CCOCCCNC(=O)CN1C(=O)C(=Cc2cccc(Cl)c2)Sc2ccccc21. The third kappa shape index (κ3) is 5.85. The molecule has 1 heterocycles. The van der Waals surface area contributed by atoms with Crippen LogP contribution in [0.5, 0.6) is 0 Å². The van der Waals surface area contributed by atoms with E-state index in [0.29, 0.717) is 29.7 Å². The highest BCUT2D eigenvalue weighted by Gasteiger charge is 2.30. The lowest BCUT2D eigenvalue weighted by Crippen LogP contribution is -2.43. The summed E-state index contributed by atoms with van der Waals surface area (Å²) in [5.74, 6) is -0.392. The molecule has 7 heteroatoms. The Labute approximate surface area is 180 Å². The van der Waals surface area contributed by atoms with Crippen molar-refractivity contribution in [2.24, 2.45) is 0 Å². The molecule has 1 aliphatic heterocycles. The molecule has 0 saturated carbocycles. The maximum atomic E-state index is 13.1. The number of ether oxygens (including phenoxy) is 1. The number of anilines is 1. The summed E-state index contributed by atoms with van der Waals surface area (Å²) in [6.45, 7) is 3.68. The Hall–Kier alpha value is -2.28. The van der Waals surface area contributed by atoms with Crippen LogP contribution in [0.15, 0.2) is 58.3 Å². The van der Waals surface area contributed by atoms with Crippen LogP contribution < -0.4 is 10.2 Å². The van der Waals surface area contributed by atoms with Gasteiger partial charge in [-0.25, -0.2) is 0 Å². The molecule has 1 aliphatic rings. The van der Waals surface area contributed by atoms with E-state index in [1.165, 1.54) is 16.7 Å². The summed E-state index contributed by atoms with van der Waals surface area (Å²) in [5, 5.41) is 3.46. The zero-order valence-electron chi connectivity index (χ0n) is 16.2. The van der Waals surface area contributed by atoms with E-state index in [9.17, 15) is 9.59 Å². The van der Waals surface area contributed by atoms with E-state index in [1.54, 1.807) is 12.1 Å². The average molecular weight is 431 g/mol. The standard InChI is InChI=1S/C22H23ClN2O3S/c1-2-28-12-6-11-24-21(26)15-25-18-9-3-4-10-19(18)29-20(22(25)27)14-16-7-5-8-17(23)13-16/h3-5,7-10,13-14H,2,6,11-12,15H2,1H3,(H,24,26). The van der Waals surface area contributed by atoms with E-state index in [1.807, 2.05) is 49.4 Å². The molecule has 2 aromatic rings. The maximum absolute atomic E-state index is 13.1. The molecule has 3 rings (SSSR count). The van der Waals surface area contributed by atoms with Crippen LogP contribution in [0, 0.1) is 0 Å². The molecule has 5 nitrogen and oxygen atoms in total. The van der Waals surface area contributed by atoms with Gasteiger partial charge in [-0.1, -0.05) is 47.6 Å². The Kier molecular flexibility index (Phi) is 7.75. The number of nitrogens with one attached hydrogen (secondary N) is 1. The van der Waals surface area contributed by atoms with Crippen LogP contribution in [0.1, 0.15) is 18.9 Å². The summed E-state index contributed by atoms with van der Waals surface area (Å²) in [7, 11) is 0. The van der Waals surface area contributed by atoms with Crippen LogP contribution in [-0.2, 0) is 14.3 Å². The summed E-state index contributed by atoms with van der Waals surface area (Å²) in [5.41, 5.74) is 1.59. The Bertz CT molecular complexity index is 916. The third-order valence-electron chi connectivity index (χ3n) is 4.27. The lowest BCUT2D eigenvalue weighted by Gasteiger charge is -2.29. The highest BCUT2D eigenvalue weighted by Crippen LogP contribution is 2.41. The van der Waals surface area contributed by atoms with E-state index in [2.05, 4.69) is 5.32 Å². The predicted molar refractivity (Wildman–Crippen MR) is 118 cm³/mol. The minimum atomic E-state index is -0.196. The summed E-state index contributed by atoms with van der Waals surface area (Å²) >= 11 is 7.47. The van der Waals surface area contributed by atoms with Crippen molar-refractivity contribution in [1.82, 2.24) is 5.32 Å². The number of amides is 2. The van der Waals surface area contributed by atoms with Crippen molar-refractivity contribution in [3.8, 4) is 0 Å². The fourth-order valence-electron chi connectivity index (χ4n) is 2.91. The Morgan fingerprint density at radius 2 is 2.07 bits per heavy atom. The van der Waals surface area contributed by atoms with Gasteiger partial charge in [0.1, 0.15) is 6.54 Å². The van der Waals surface area contributed by atoms with Crippen molar-refractivity contribution in [2.45, 2.75) is 18.2 Å². The van der Waals surface area contributed by atoms with Gasteiger partial charge in [-0.15, -0.1) is 0 Å². The normalized spacial score (nSPS) is 14.8. The highest BCUT2D eigenvalue weighted by molar-refractivity contribution is 8.04. The molecule has 0 atom stereocenters. The first kappa shape index (κ1) is 21.4. The fourth-order valence-corrected chi connectivity index (χ4v) is 4.17. The highest BCUT2D eigenvalue weighted by atomic mass is 35.5. The second-order valence-electron chi connectivity index (χ2n) is 6.43. The minimum Gasteiger partial charge on any atom is -0.382 e. The zero-order chi connectivity index (χ0) is 20.6. The molecule has 0 fully saturated rings. The first-order chi connectivity index (χ1) is 14.1. The number of carbonyl (C=O) groups is 2. The van der Waals surface area contributed by atoms with E-state index in [4.69, 9.17) is 16.3 Å². The molecule has 0 aliphatic carbocycles. The van der Waals surface area contributed by atoms with Gasteiger partial charge in [-0.3, -0.25) is 14.5 Å². The van der Waals surface area contributed by atoms with Crippen molar-refractivity contribution in [2.75, 3.05) is 31.2 Å². The number of para-hydroxylation sites is 1. The molecule has 1 N–H and O–H groups in total. The smallest absolute Gasteiger partial charge is 0.265 e. The quantitative estimate of drug-likeness (QED) is 0.499. The van der Waals surface area contributed by atoms with Crippen LogP contribution in [0.4, 0.5) is 5.69 Å². The number of nitrogens with zero attached hydrogens (tertiary/aromatic N) is 1. The van der Waals surface area contributed by atoms with Gasteiger partial charge < -0.3 is 10.1 Å². The van der Waals surface area contributed by atoms with Crippen molar-refractivity contribution in [3.05, 3.63) is 64.0 Å². The summed E-state index contributed by atoms with van der Waals surface area (Å²) in [4.78, 5) is 28.6. The Morgan fingerprint density at radius 1 is 1.24 bits per heavy atom. The molecule has 0 bridgehead atoms. The van der Waals surface area contributed by atoms with Crippen molar-refractivity contribution in [1.29, 1.82) is 0 Å². The van der Waals surface area contributed by atoms with E-state index < -0.39 is 0 Å². The van der Waals surface area contributed by atoms with E-state index >= 15 is 0 Å². The van der Waals surface area contributed by atoms with Gasteiger partial charge in [-0.2, -0.15) is 0 Å². The summed E-state index contributed by atoms with van der Waals surface area (Å²) in [6.07, 6.45) is 2.54. The van der Waals surface area contributed by atoms with Gasteiger partial charge in [-0.05, 0) is 49.2 Å². The largest absolute Gasteiger partial charge is 0.382 e. The number of halogens is 1. The predicted octanol–water partition coefficient (Wildman–Crippen LogP) is 4.36. The molecule has 152 valence electrons. The van der Waals surface area contributed by atoms with Gasteiger partial charge >= 0.3 is 0 Å². The molecule has 0 radical (unpaired) electrons. The zero-order valence-corrected chi connectivity index (χ0v) is 17.8. The van der Waals surface area contributed by atoms with Gasteiger partial charge in [0.25, 0.3) is 5.91 Å². The molecule has 0 aromatic heterocycles. The van der Waals surface area contributed by atoms with Gasteiger partial charge in [0.15, 0.2) is 0 Å². The average Bonchev–Trinajstić information content (AvgIpc) is 2.71. The number of hydrogen-bond acceptors (Lipinski definition) is 4. The van der Waals surface area contributed by atoms with Crippen LogP contribution in [0.3, 0.4) is 0 Å². The summed E-state index contributed by atoms with van der Waals surface area (Å²) in [6, 6.07) is 14.9. The number of rotatable bonds is 8. The molecular weight excluding hydrogens is 408 g/mol. The third-order valence-corrected chi connectivity index (χ3v) is 5.58. The van der Waals surface area contributed by atoms with Crippen LogP contribution >= 0.6 is 23.4 Å².